The second kappa shape index (κ2) is 9.57. The van der Waals surface area contributed by atoms with E-state index in [0.717, 1.165) is 19.3 Å². The molecule has 3 amide bonds. The summed E-state index contributed by atoms with van der Waals surface area (Å²) in [5, 5.41) is 4.67. The molecule has 166 valence electrons. The third-order valence-corrected chi connectivity index (χ3v) is 6.30. The van der Waals surface area contributed by atoms with Crippen molar-refractivity contribution in [1.82, 2.24) is 14.9 Å². The first kappa shape index (κ1) is 23.8. The molecule has 2 rings (SSSR count). The summed E-state index contributed by atoms with van der Waals surface area (Å²) in [5.74, 6) is -1.65. The minimum Gasteiger partial charge on any atom is -0.449 e. The molecule has 9 nitrogen and oxygen atoms in total. The summed E-state index contributed by atoms with van der Waals surface area (Å²) in [6, 6.07) is 4.82. The van der Waals surface area contributed by atoms with Crippen LogP contribution >= 0.6 is 0 Å². The van der Waals surface area contributed by atoms with Crippen LogP contribution in [0.15, 0.2) is 29.2 Å². The predicted octanol–water partition coefficient (Wildman–Crippen LogP) is 2.03. The molecular formula is C20H29N3O6S. The van der Waals surface area contributed by atoms with E-state index >= 15 is 0 Å². The molecule has 1 aliphatic rings. The number of urea groups is 1. The van der Waals surface area contributed by atoms with E-state index in [1.54, 1.807) is 20.8 Å². The molecule has 1 aliphatic heterocycles. The highest BCUT2D eigenvalue weighted by molar-refractivity contribution is 7.89. The molecule has 0 saturated carbocycles. The van der Waals surface area contributed by atoms with Gasteiger partial charge in [-0.1, -0.05) is 12.5 Å². The van der Waals surface area contributed by atoms with Crippen LogP contribution in [0.4, 0.5) is 4.79 Å². The van der Waals surface area contributed by atoms with Crippen LogP contribution in [0.5, 0.6) is 0 Å². The van der Waals surface area contributed by atoms with E-state index in [0.29, 0.717) is 13.1 Å². The summed E-state index contributed by atoms with van der Waals surface area (Å²) in [4.78, 5) is 36.3. The molecule has 0 bridgehead atoms. The van der Waals surface area contributed by atoms with Crippen molar-refractivity contribution in [2.75, 3.05) is 13.1 Å². The molecule has 0 radical (unpaired) electrons. The van der Waals surface area contributed by atoms with E-state index in [4.69, 9.17) is 4.74 Å². The molecule has 30 heavy (non-hydrogen) atoms. The van der Waals surface area contributed by atoms with Gasteiger partial charge in [0, 0.05) is 18.6 Å². The summed E-state index contributed by atoms with van der Waals surface area (Å²) in [6.45, 7) is 7.49. The molecule has 0 aromatic heterocycles. The Hall–Kier alpha value is -2.46. The first-order valence-corrected chi connectivity index (χ1v) is 11.3. The number of hydrogen-bond acceptors (Lipinski definition) is 6. The van der Waals surface area contributed by atoms with E-state index in [2.05, 4.69) is 10.6 Å². The average Bonchev–Trinajstić information content (AvgIpc) is 2.67. The lowest BCUT2D eigenvalue weighted by atomic mass is 10.1. The van der Waals surface area contributed by atoms with E-state index in [1.807, 2.05) is 0 Å². The van der Waals surface area contributed by atoms with Crippen molar-refractivity contribution in [3.8, 4) is 0 Å². The van der Waals surface area contributed by atoms with E-state index in [1.165, 1.54) is 35.5 Å². The van der Waals surface area contributed by atoms with Crippen molar-refractivity contribution in [2.45, 2.75) is 63.5 Å². The topological polar surface area (TPSA) is 122 Å². The Balaban J connectivity index is 2.04. The predicted molar refractivity (Wildman–Crippen MR) is 110 cm³/mol. The zero-order valence-electron chi connectivity index (χ0n) is 17.7. The number of nitrogens with zero attached hydrogens (tertiary/aromatic N) is 1. The maximum absolute atomic E-state index is 12.8. The zero-order chi connectivity index (χ0) is 22.5. The quantitative estimate of drug-likeness (QED) is 0.677. The average molecular weight is 440 g/mol. The minimum absolute atomic E-state index is 0.000472. The van der Waals surface area contributed by atoms with Crippen LogP contribution in [0, 0.1) is 0 Å². The van der Waals surface area contributed by atoms with Crippen molar-refractivity contribution in [3.63, 3.8) is 0 Å². The van der Waals surface area contributed by atoms with Crippen molar-refractivity contribution in [1.29, 1.82) is 0 Å². The van der Waals surface area contributed by atoms with Crippen LogP contribution in [0.1, 0.15) is 57.3 Å². The van der Waals surface area contributed by atoms with Gasteiger partial charge >= 0.3 is 12.0 Å². The van der Waals surface area contributed by atoms with E-state index in [9.17, 15) is 22.8 Å². The number of sulfonamides is 1. The molecule has 1 atom stereocenters. The number of carbonyl (C=O) groups excluding carboxylic acids is 3. The number of benzene rings is 1. The molecule has 1 saturated heterocycles. The van der Waals surface area contributed by atoms with Crippen LogP contribution < -0.4 is 10.6 Å². The minimum atomic E-state index is -3.70. The highest BCUT2D eigenvalue weighted by Crippen LogP contribution is 2.21. The Bertz CT molecular complexity index is 901. The molecule has 1 heterocycles. The third kappa shape index (κ3) is 6.53. The summed E-state index contributed by atoms with van der Waals surface area (Å²) in [6.07, 6.45) is 1.35. The normalized spacial score (nSPS) is 16.4. The second-order valence-electron chi connectivity index (χ2n) is 8.23. The standard InChI is InChI=1S/C20H29N3O6S/c1-14(17(24)21-19(26)22-20(2,3)4)29-18(25)15-9-8-10-16(13-15)30(27,28)23-11-6-5-7-12-23/h8-10,13-14H,5-7,11-12H2,1-4H3,(H2,21,22,24,26)/t14-/m0/s1. The number of imide groups is 1. The second-order valence-corrected chi connectivity index (χ2v) is 10.2. The lowest BCUT2D eigenvalue weighted by Gasteiger charge is -2.26. The van der Waals surface area contributed by atoms with Crippen molar-refractivity contribution in [3.05, 3.63) is 29.8 Å². The smallest absolute Gasteiger partial charge is 0.338 e. The fourth-order valence-corrected chi connectivity index (χ4v) is 4.47. The molecular weight excluding hydrogens is 410 g/mol. The van der Waals surface area contributed by atoms with Crippen molar-refractivity contribution >= 4 is 27.9 Å². The fraction of sp³-hybridized carbons (Fsp3) is 0.550. The molecule has 0 unspecified atom stereocenters. The van der Waals surface area contributed by atoms with Crippen molar-refractivity contribution < 1.29 is 27.5 Å². The Morgan fingerprint density at radius 1 is 1.10 bits per heavy atom. The fourth-order valence-electron chi connectivity index (χ4n) is 2.91. The molecule has 10 heteroatoms. The van der Waals surface area contributed by atoms with E-state index in [-0.39, 0.29) is 10.5 Å². The molecule has 2 N–H and O–H groups in total. The summed E-state index contributed by atoms with van der Waals surface area (Å²) < 4.78 is 32.1. The van der Waals surface area contributed by atoms with Crippen LogP contribution in [0.2, 0.25) is 0 Å². The Labute approximate surface area is 177 Å². The maximum atomic E-state index is 12.8. The Kier molecular flexibility index (Phi) is 7.59. The van der Waals surface area contributed by atoms with Gasteiger partial charge in [0.05, 0.1) is 10.5 Å². The Morgan fingerprint density at radius 3 is 2.33 bits per heavy atom. The third-order valence-electron chi connectivity index (χ3n) is 4.40. The first-order valence-electron chi connectivity index (χ1n) is 9.84. The van der Waals surface area contributed by atoms with Crippen molar-refractivity contribution in [2.24, 2.45) is 0 Å². The summed E-state index contributed by atoms with van der Waals surface area (Å²) >= 11 is 0. The van der Waals surface area contributed by atoms with Gasteiger partial charge < -0.3 is 10.1 Å². The molecule has 1 aromatic rings. The lowest BCUT2D eigenvalue weighted by molar-refractivity contribution is -0.127. The van der Waals surface area contributed by atoms with Gasteiger partial charge in [0.25, 0.3) is 5.91 Å². The highest BCUT2D eigenvalue weighted by Gasteiger charge is 2.27. The van der Waals surface area contributed by atoms with Gasteiger partial charge in [0.15, 0.2) is 6.10 Å². The maximum Gasteiger partial charge on any atom is 0.338 e. The van der Waals surface area contributed by atoms with Crippen LogP contribution in [0.3, 0.4) is 0 Å². The van der Waals surface area contributed by atoms with Gasteiger partial charge in [-0.25, -0.2) is 18.0 Å². The summed E-state index contributed by atoms with van der Waals surface area (Å²) in [7, 11) is -3.70. The molecule has 0 spiro atoms. The van der Waals surface area contributed by atoms with Crippen LogP contribution in [0.25, 0.3) is 0 Å². The van der Waals surface area contributed by atoms with Gasteiger partial charge in [-0.05, 0) is 58.7 Å². The summed E-state index contributed by atoms with van der Waals surface area (Å²) in [5.41, 5.74) is -0.531. The SMILES string of the molecule is C[C@H](OC(=O)c1cccc(S(=O)(=O)N2CCCCC2)c1)C(=O)NC(=O)NC(C)(C)C. The highest BCUT2D eigenvalue weighted by atomic mass is 32.2. The van der Waals surface area contributed by atoms with Gasteiger partial charge in [-0.3, -0.25) is 10.1 Å². The number of piperidine rings is 1. The number of rotatable bonds is 5. The Morgan fingerprint density at radius 2 is 1.73 bits per heavy atom. The number of esters is 1. The van der Waals surface area contributed by atoms with Gasteiger partial charge in [-0.2, -0.15) is 4.31 Å². The largest absolute Gasteiger partial charge is 0.449 e. The number of hydrogen-bond donors (Lipinski definition) is 2. The number of nitrogens with one attached hydrogen (secondary N) is 2. The zero-order valence-corrected chi connectivity index (χ0v) is 18.5. The van der Waals surface area contributed by atoms with Gasteiger partial charge in [-0.15, -0.1) is 0 Å². The lowest BCUT2D eigenvalue weighted by Crippen LogP contribution is -2.50. The first-order chi connectivity index (χ1) is 13.9. The number of ether oxygens (including phenoxy) is 1. The van der Waals surface area contributed by atoms with Crippen LogP contribution in [-0.4, -0.2) is 55.4 Å². The molecule has 0 aliphatic carbocycles. The van der Waals surface area contributed by atoms with Gasteiger partial charge in [0.1, 0.15) is 0 Å². The monoisotopic (exact) mass is 439 g/mol. The molecule has 1 aromatic carbocycles. The van der Waals surface area contributed by atoms with Gasteiger partial charge in [0.2, 0.25) is 10.0 Å². The van der Waals surface area contributed by atoms with Crippen LogP contribution in [-0.2, 0) is 19.6 Å². The number of carbonyl (C=O) groups is 3. The van der Waals surface area contributed by atoms with E-state index < -0.39 is 39.6 Å². The number of amides is 3. The molecule has 1 fully saturated rings.